The highest BCUT2D eigenvalue weighted by molar-refractivity contribution is 6.04. The number of aromatic nitrogens is 2. The van der Waals surface area contributed by atoms with E-state index >= 15 is 0 Å². The van der Waals surface area contributed by atoms with Gasteiger partial charge in [0, 0.05) is 24.5 Å². The van der Waals surface area contributed by atoms with Crippen molar-refractivity contribution in [3.8, 4) is 0 Å². The molecular formula is C19H15F3N4O. The fraction of sp³-hybridized carbons (Fsp3) is 0.105. The number of rotatable bonds is 4. The highest BCUT2D eigenvalue weighted by atomic mass is 19.4. The van der Waals surface area contributed by atoms with E-state index in [1.807, 2.05) is 18.2 Å². The van der Waals surface area contributed by atoms with E-state index in [4.69, 9.17) is 0 Å². The van der Waals surface area contributed by atoms with Crippen LogP contribution in [0.4, 0.5) is 30.4 Å². The molecule has 0 spiro atoms. The van der Waals surface area contributed by atoms with E-state index in [1.165, 1.54) is 29.4 Å². The monoisotopic (exact) mass is 372 g/mol. The zero-order valence-electron chi connectivity index (χ0n) is 14.2. The van der Waals surface area contributed by atoms with Crippen molar-refractivity contribution in [2.24, 2.45) is 0 Å². The molecule has 2 aromatic carbocycles. The average Bonchev–Trinajstić information content (AvgIpc) is 2.67. The highest BCUT2D eigenvalue weighted by Gasteiger charge is 2.29. The number of nitrogens with one attached hydrogen (secondary N) is 1. The van der Waals surface area contributed by atoms with Crippen LogP contribution < -0.4 is 10.2 Å². The number of hydrogen-bond donors (Lipinski definition) is 1. The maximum Gasteiger partial charge on any atom is 0.416 e. The SMILES string of the molecule is CN(C(=O)c1cc(Nc2ccc(C(F)(F)F)cc2)ncn1)c1ccccc1. The summed E-state index contributed by atoms with van der Waals surface area (Å²) in [7, 11) is 1.63. The summed E-state index contributed by atoms with van der Waals surface area (Å²) in [6.07, 6.45) is -3.17. The van der Waals surface area contributed by atoms with Crippen molar-refractivity contribution in [3.63, 3.8) is 0 Å². The number of para-hydroxylation sites is 1. The molecule has 0 fully saturated rings. The van der Waals surface area contributed by atoms with Crippen LogP contribution in [-0.4, -0.2) is 22.9 Å². The van der Waals surface area contributed by atoms with E-state index in [2.05, 4.69) is 15.3 Å². The van der Waals surface area contributed by atoms with Crippen LogP contribution in [0.5, 0.6) is 0 Å². The van der Waals surface area contributed by atoms with Crippen molar-refractivity contribution < 1.29 is 18.0 Å². The molecule has 8 heteroatoms. The minimum atomic E-state index is -4.39. The summed E-state index contributed by atoms with van der Waals surface area (Å²) in [6.45, 7) is 0. The van der Waals surface area contributed by atoms with E-state index < -0.39 is 11.7 Å². The molecule has 27 heavy (non-hydrogen) atoms. The minimum Gasteiger partial charge on any atom is -0.340 e. The van der Waals surface area contributed by atoms with Gasteiger partial charge in [0.25, 0.3) is 5.91 Å². The minimum absolute atomic E-state index is 0.158. The molecule has 0 radical (unpaired) electrons. The average molecular weight is 372 g/mol. The topological polar surface area (TPSA) is 58.1 Å². The molecule has 0 aliphatic carbocycles. The first-order chi connectivity index (χ1) is 12.8. The van der Waals surface area contributed by atoms with Gasteiger partial charge in [-0.15, -0.1) is 0 Å². The van der Waals surface area contributed by atoms with Crippen LogP contribution in [0.25, 0.3) is 0 Å². The van der Waals surface area contributed by atoms with Crippen LogP contribution in [0.1, 0.15) is 16.1 Å². The third-order valence-corrected chi connectivity index (χ3v) is 3.82. The fourth-order valence-corrected chi connectivity index (χ4v) is 2.37. The van der Waals surface area contributed by atoms with Crippen molar-refractivity contribution in [2.45, 2.75) is 6.18 Å². The lowest BCUT2D eigenvalue weighted by atomic mass is 10.2. The Hall–Kier alpha value is -3.42. The molecule has 0 saturated heterocycles. The molecule has 0 saturated carbocycles. The van der Waals surface area contributed by atoms with Crippen LogP contribution >= 0.6 is 0 Å². The number of halogens is 3. The molecule has 3 aromatic rings. The molecule has 0 atom stereocenters. The molecule has 0 bridgehead atoms. The molecule has 0 unspecified atom stereocenters. The lowest BCUT2D eigenvalue weighted by Crippen LogP contribution is -2.27. The Labute approximate surface area is 153 Å². The number of benzene rings is 2. The van der Waals surface area contributed by atoms with E-state index in [-0.39, 0.29) is 11.6 Å². The summed E-state index contributed by atoms with van der Waals surface area (Å²) < 4.78 is 37.9. The van der Waals surface area contributed by atoms with Crippen molar-refractivity contribution >= 4 is 23.1 Å². The molecule has 138 valence electrons. The van der Waals surface area contributed by atoms with Gasteiger partial charge in [-0.1, -0.05) is 18.2 Å². The Bertz CT molecular complexity index is 928. The van der Waals surface area contributed by atoms with E-state index in [0.717, 1.165) is 12.1 Å². The number of carbonyl (C=O) groups is 1. The second-order valence-electron chi connectivity index (χ2n) is 5.69. The summed E-state index contributed by atoms with van der Waals surface area (Å²) in [4.78, 5) is 22.0. The summed E-state index contributed by atoms with van der Waals surface area (Å²) >= 11 is 0. The Morgan fingerprint density at radius 3 is 2.30 bits per heavy atom. The molecule has 5 nitrogen and oxygen atoms in total. The smallest absolute Gasteiger partial charge is 0.340 e. The molecule has 3 rings (SSSR count). The van der Waals surface area contributed by atoms with Crippen LogP contribution in [0.3, 0.4) is 0 Å². The first kappa shape index (κ1) is 18.4. The first-order valence-corrected chi connectivity index (χ1v) is 7.94. The van der Waals surface area contributed by atoms with Gasteiger partial charge in [0.2, 0.25) is 0 Å². The van der Waals surface area contributed by atoms with E-state index in [1.54, 1.807) is 19.2 Å². The third kappa shape index (κ3) is 4.41. The van der Waals surface area contributed by atoms with Gasteiger partial charge in [-0.2, -0.15) is 13.2 Å². The second-order valence-corrected chi connectivity index (χ2v) is 5.69. The number of carbonyl (C=O) groups excluding carboxylic acids is 1. The number of hydrogen-bond acceptors (Lipinski definition) is 4. The predicted molar refractivity (Wildman–Crippen MR) is 95.9 cm³/mol. The molecule has 1 amide bonds. The van der Waals surface area contributed by atoms with Gasteiger partial charge in [0.1, 0.15) is 17.8 Å². The van der Waals surface area contributed by atoms with Crippen molar-refractivity contribution in [3.05, 3.63) is 78.2 Å². The zero-order valence-corrected chi connectivity index (χ0v) is 14.2. The summed E-state index contributed by atoms with van der Waals surface area (Å²) in [5.41, 5.74) is 0.539. The molecule has 0 aliphatic heterocycles. The van der Waals surface area contributed by atoms with Gasteiger partial charge in [-0.05, 0) is 36.4 Å². The molecular weight excluding hydrogens is 357 g/mol. The molecule has 1 N–H and O–H groups in total. The zero-order chi connectivity index (χ0) is 19.4. The van der Waals surface area contributed by atoms with Crippen LogP contribution in [0, 0.1) is 0 Å². The van der Waals surface area contributed by atoms with Gasteiger partial charge in [-0.3, -0.25) is 4.79 Å². The molecule has 1 aromatic heterocycles. The standard InChI is InChI=1S/C19H15F3N4O/c1-26(15-5-3-2-4-6-15)18(27)16-11-17(24-12-23-16)25-14-9-7-13(8-10-14)19(20,21)22/h2-12H,1H3,(H,23,24,25). The van der Waals surface area contributed by atoms with E-state index in [9.17, 15) is 18.0 Å². The quantitative estimate of drug-likeness (QED) is 0.732. The summed E-state index contributed by atoms with van der Waals surface area (Å²) in [5, 5.41) is 2.87. The summed E-state index contributed by atoms with van der Waals surface area (Å²) in [6, 6.07) is 15.0. The Morgan fingerprint density at radius 2 is 1.67 bits per heavy atom. The van der Waals surface area contributed by atoms with Crippen molar-refractivity contribution in [1.82, 2.24) is 9.97 Å². The van der Waals surface area contributed by atoms with Gasteiger partial charge >= 0.3 is 6.18 Å². The molecule has 0 aliphatic rings. The lowest BCUT2D eigenvalue weighted by molar-refractivity contribution is -0.137. The lowest BCUT2D eigenvalue weighted by Gasteiger charge is -2.17. The number of anilines is 3. The third-order valence-electron chi connectivity index (χ3n) is 3.82. The number of nitrogens with zero attached hydrogens (tertiary/aromatic N) is 3. The molecule has 1 heterocycles. The maximum atomic E-state index is 12.6. The first-order valence-electron chi connectivity index (χ1n) is 7.94. The van der Waals surface area contributed by atoms with Crippen molar-refractivity contribution in [2.75, 3.05) is 17.3 Å². The maximum absolute atomic E-state index is 12.6. The van der Waals surface area contributed by atoms with Gasteiger partial charge in [-0.25, -0.2) is 9.97 Å². The van der Waals surface area contributed by atoms with Gasteiger partial charge in [0.15, 0.2) is 0 Å². The van der Waals surface area contributed by atoms with Crippen LogP contribution in [0.15, 0.2) is 67.0 Å². The number of amides is 1. The Morgan fingerprint density at radius 1 is 1.00 bits per heavy atom. The van der Waals surface area contributed by atoms with Crippen molar-refractivity contribution in [1.29, 1.82) is 0 Å². The largest absolute Gasteiger partial charge is 0.416 e. The van der Waals surface area contributed by atoms with Gasteiger partial charge in [0.05, 0.1) is 5.56 Å². The predicted octanol–water partition coefficient (Wildman–Crippen LogP) is 4.52. The Kier molecular flexibility index (Phi) is 5.07. The van der Waals surface area contributed by atoms with E-state index in [0.29, 0.717) is 17.2 Å². The normalized spacial score (nSPS) is 11.1. The van der Waals surface area contributed by atoms with Crippen LogP contribution in [0.2, 0.25) is 0 Å². The van der Waals surface area contributed by atoms with Gasteiger partial charge < -0.3 is 10.2 Å². The summed E-state index contributed by atoms with van der Waals surface area (Å²) in [5.74, 6) is -0.0337. The fourth-order valence-electron chi connectivity index (χ4n) is 2.37. The number of alkyl halides is 3. The highest BCUT2D eigenvalue weighted by Crippen LogP contribution is 2.30. The van der Waals surface area contributed by atoms with Crippen LogP contribution in [-0.2, 0) is 6.18 Å². The second kappa shape index (κ2) is 7.45. The Balaban J connectivity index is 1.76.